The predicted octanol–water partition coefficient (Wildman–Crippen LogP) is 2.98. The van der Waals surface area contributed by atoms with Crippen LogP contribution in [0.15, 0.2) is 59.4 Å². The number of benzene rings is 2. The molecule has 1 aliphatic heterocycles. The molecule has 1 aromatic heterocycles. The standard InChI is InChI=1S/C22H24N2O3/c1-26-19-7-4-5-16(11-19)12-20-15-24(9-10-27-20)14-18-13-17-6-2-3-8-21(17)23-22(18)25/h2-8,11,13,20H,9-10,12,14-15H2,1H3,(H,23,25)/t20-/m0/s1. The van der Waals surface area contributed by atoms with Crippen molar-refractivity contribution in [3.05, 3.63) is 76.1 Å². The van der Waals surface area contributed by atoms with Crippen LogP contribution in [-0.4, -0.2) is 42.8 Å². The van der Waals surface area contributed by atoms with Crippen LogP contribution in [0.2, 0.25) is 0 Å². The molecule has 1 saturated heterocycles. The molecule has 1 fully saturated rings. The molecule has 1 aliphatic rings. The molecule has 0 amide bonds. The molecule has 0 saturated carbocycles. The van der Waals surface area contributed by atoms with E-state index in [1.807, 2.05) is 42.5 Å². The highest BCUT2D eigenvalue weighted by atomic mass is 16.5. The first-order chi connectivity index (χ1) is 13.2. The van der Waals surface area contributed by atoms with Crippen LogP contribution in [0.4, 0.5) is 0 Å². The third-order valence-electron chi connectivity index (χ3n) is 5.04. The zero-order chi connectivity index (χ0) is 18.6. The van der Waals surface area contributed by atoms with Gasteiger partial charge in [0.2, 0.25) is 0 Å². The maximum Gasteiger partial charge on any atom is 0.252 e. The quantitative estimate of drug-likeness (QED) is 0.756. The van der Waals surface area contributed by atoms with Crippen molar-refractivity contribution in [1.29, 1.82) is 0 Å². The first-order valence-corrected chi connectivity index (χ1v) is 9.29. The van der Waals surface area contributed by atoms with Gasteiger partial charge in [-0.2, -0.15) is 0 Å². The molecule has 0 unspecified atom stereocenters. The second kappa shape index (κ2) is 7.94. The van der Waals surface area contributed by atoms with Crippen LogP contribution in [0.3, 0.4) is 0 Å². The summed E-state index contributed by atoms with van der Waals surface area (Å²) in [7, 11) is 1.68. The van der Waals surface area contributed by atoms with Gasteiger partial charge in [0.15, 0.2) is 0 Å². The highest BCUT2D eigenvalue weighted by Gasteiger charge is 2.22. The van der Waals surface area contributed by atoms with E-state index in [9.17, 15) is 4.79 Å². The Bertz CT molecular complexity index is 982. The Morgan fingerprint density at radius 3 is 2.96 bits per heavy atom. The van der Waals surface area contributed by atoms with E-state index in [0.29, 0.717) is 13.2 Å². The van der Waals surface area contributed by atoms with Gasteiger partial charge in [-0.1, -0.05) is 30.3 Å². The first-order valence-electron chi connectivity index (χ1n) is 9.29. The third kappa shape index (κ3) is 4.21. The van der Waals surface area contributed by atoms with Crippen molar-refractivity contribution in [1.82, 2.24) is 9.88 Å². The van der Waals surface area contributed by atoms with Crippen molar-refractivity contribution >= 4 is 10.9 Å². The minimum atomic E-state index is -0.00969. The van der Waals surface area contributed by atoms with E-state index in [0.717, 1.165) is 41.7 Å². The summed E-state index contributed by atoms with van der Waals surface area (Å²) < 4.78 is 11.3. The number of pyridine rings is 1. The number of aromatic nitrogens is 1. The van der Waals surface area contributed by atoms with Gasteiger partial charge in [-0.3, -0.25) is 9.69 Å². The highest BCUT2D eigenvalue weighted by Crippen LogP contribution is 2.18. The minimum Gasteiger partial charge on any atom is -0.497 e. The second-order valence-electron chi connectivity index (χ2n) is 6.99. The molecule has 2 aromatic carbocycles. The van der Waals surface area contributed by atoms with E-state index in [1.165, 1.54) is 5.56 Å². The van der Waals surface area contributed by atoms with Crippen LogP contribution >= 0.6 is 0 Å². The van der Waals surface area contributed by atoms with Gasteiger partial charge in [0.1, 0.15) is 5.75 Å². The summed E-state index contributed by atoms with van der Waals surface area (Å²) >= 11 is 0. The van der Waals surface area contributed by atoms with Gasteiger partial charge >= 0.3 is 0 Å². The molecule has 140 valence electrons. The maximum absolute atomic E-state index is 12.4. The van der Waals surface area contributed by atoms with Gasteiger partial charge in [-0.15, -0.1) is 0 Å². The number of H-pyrrole nitrogens is 1. The van der Waals surface area contributed by atoms with Crippen LogP contribution in [0.25, 0.3) is 10.9 Å². The number of nitrogens with zero attached hydrogens (tertiary/aromatic N) is 1. The Kier molecular flexibility index (Phi) is 5.23. The Morgan fingerprint density at radius 2 is 2.07 bits per heavy atom. The SMILES string of the molecule is COc1cccc(C[C@H]2CN(Cc3cc4ccccc4[nH]c3=O)CCO2)c1. The molecule has 0 aliphatic carbocycles. The number of hydrogen-bond donors (Lipinski definition) is 1. The zero-order valence-corrected chi connectivity index (χ0v) is 15.5. The monoisotopic (exact) mass is 364 g/mol. The molecule has 1 atom stereocenters. The molecular weight excluding hydrogens is 340 g/mol. The van der Waals surface area contributed by atoms with E-state index in [2.05, 4.69) is 22.0 Å². The summed E-state index contributed by atoms with van der Waals surface area (Å²) in [6.45, 7) is 2.96. The molecule has 5 heteroatoms. The van der Waals surface area contributed by atoms with Crippen LogP contribution in [0.5, 0.6) is 5.75 Å². The largest absolute Gasteiger partial charge is 0.497 e. The minimum absolute atomic E-state index is 0.00969. The van der Waals surface area contributed by atoms with Gasteiger partial charge in [0, 0.05) is 37.1 Å². The second-order valence-corrected chi connectivity index (χ2v) is 6.99. The van der Waals surface area contributed by atoms with Crippen LogP contribution in [0.1, 0.15) is 11.1 Å². The summed E-state index contributed by atoms with van der Waals surface area (Å²) in [4.78, 5) is 17.7. The fourth-order valence-corrected chi connectivity index (χ4v) is 3.66. The number of para-hydroxylation sites is 1. The first kappa shape index (κ1) is 17.8. The van der Waals surface area contributed by atoms with Crippen LogP contribution in [-0.2, 0) is 17.7 Å². The average molecular weight is 364 g/mol. The van der Waals surface area contributed by atoms with E-state index >= 15 is 0 Å². The predicted molar refractivity (Wildman–Crippen MR) is 106 cm³/mol. The fraction of sp³-hybridized carbons (Fsp3) is 0.318. The van der Waals surface area contributed by atoms with Gasteiger partial charge in [0.25, 0.3) is 5.56 Å². The summed E-state index contributed by atoms with van der Waals surface area (Å²) in [6.07, 6.45) is 0.951. The number of ether oxygens (including phenoxy) is 2. The zero-order valence-electron chi connectivity index (χ0n) is 15.5. The number of hydrogen-bond acceptors (Lipinski definition) is 4. The lowest BCUT2D eigenvalue weighted by Gasteiger charge is -2.33. The van der Waals surface area contributed by atoms with Crippen LogP contribution < -0.4 is 10.3 Å². The maximum atomic E-state index is 12.4. The smallest absolute Gasteiger partial charge is 0.252 e. The van der Waals surface area contributed by atoms with Gasteiger partial charge in [-0.25, -0.2) is 0 Å². The molecule has 0 radical (unpaired) electrons. The van der Waals surface area contributed by atoms with Gasteiger partial charge < -0.3 is 14.5 Å². The normalized spacial score (nSPS) is 17.9. The summed E-state index contributed by atoms with van der Waals surface area (Å²) in [5.41, 5.74) is 2.87. The van der Waals surface area contributed by atoms with E-state index in [4.69, 9.17) is 9.47 Å². The molecule has 2 heterocycles. The molecular formula is C22H24N2O3. The average Bonchev–Trinajstić information content (AvgIpc) is 2.69. The van der Waals surface area contributed by atoms with Gasteiger partial charge in [-0.05, 0) is 35.2 Å². The Balaban J connectivity index is 1.45. The number of morpholine rings is 1. The number of methoxy groups -OCH3 is 1. The van der Waals surface area contributed by atoms with Gasteiger partial charge in [0.05, 0.1) is 19.8 Å². The number of rotatable bonds is 5. The van der Waals surface area contributed by atoms with Crippen molar-refractivity contribution in [3.8, 4) is 5.75 Å². The lowest BCUT2D eigenvalue weighted by atomic mass is 10.1. The molecule has 3 aromatic rings. The highest BCUT2D eigenvalue weighted by molar-refractivity contribution is 5.78. The Morgan fingerprint density at radius 1 is 1.19 bits per heavy atom. The molecule has 5 nitrogen and oxygen atoms in total. The summed E-state index contributed by atoms with van der Waals surface area (Å²) in [5.74, 6) is 0.864. The van der Waals surface area contributed by atoms with Crippen LogP contribution in [0, 0.1) is 0 Å². The lowest BCUT2D eigenvalue weighted by molar-refractivity contribution is -0.0306. The van der Waals surface area contributed by atoms with E-state index in [-0.39, 0.29) is 11.7 Å². The molecule has 4 rings (SSSR count). The van der Waals surface area contributed by atoms with Crippen molar-refractivity contribution in [2.24, 2.45) is 0 Å². The lowest BCUT2D eigenvalue weighted by Crippen LogP contribution is -2.43. The topological polar surface area (TPSA) is 54.6 Å². The summed E-state index contributed by atoms with van der Waals surface area (Å²) in [5, 5.41) is 1.06. The molecule has 1 N–H and O–H groups in total. The number of fused-ring (bicyclic) bond motifs is 1. The number of aromatic amines is 1. The fourth-order valence-electron chi connectivity index (χ4n) is 3.66. The number of nitrogens with one attached hydrogen (secondary N) is 1. The molecule has 27 heavy (non-hydrogen) atoms. The van der Waals surface area contributed by atoms with Crippen molar-refractivity contribution in [3.63, 3.8) is 0 Å². The Labute approximate surface area is 158 Å². The van der Waals surface area contributed by atoms with Crippen molar-refractivity contribution < 1.29 is 9.47 Å². The third-order valence-corrected chi connectivity index (χ3v) is 5.04. The van der Waals surface area contributed by atoms with E-state index in [1.54, 1.807) is 7.11 Å². The Hall–Kier alpha value is -2.63. The van der Waals surface area contributed by atoms with E-state index < -0.39 is 0 Å². The van der Waals surface area contributed by atoms with Crippen molar-refractivity contribution in [2.75, 3.05) is 26.8 Å². The van der Waals surface area contributed by atoms with Crippen molar-refractivity contribution in [2.45, 2.75) is 19.1 Å². The molecule has 0 bridgehead atoms. The summed E-state index contributed by atoms with van der Waals surface area (Å²) in [6, 6.07) is 18.0. The molecule has 0 spiro atoms.